The molecule has 0 spiro atoms. The van der Waals surface area contributed by atoms with E-state index in [2.05, 4.69) is 38.9 Å². The highest BCUT2D eigenvalue weighted by atomic mass is 32.3. The lowest BCUT2D eigenvalue weighted by atomic mass is 9.82. The van der Waals surface area contributed by atoms with E-state index in [9.17, 15) is 19.2 Å². The van der Waals surface area contributed by atoms with E-state index in [-0.39, 0.29) is 23.6 Å². The number of rotatable bonds is 32. The molecule has 0 N–H and O–H groups in total. The number of fused-ring (bicyclic) bond motifs is 2. The lowest BCUT2D eigenvalue weighted by Crippen LogP contribution is -2.41. The summed E-state index contributed by atoms with van der Waals surface area (Å²) in [5.41, 5.74) is 2.26. The highest BCUT2D eigenvalue weighted by Crippen LogP contribution is 2.66. The molecule has 4 amide bonds. The first-order valence-electron chi connectivity index (χ1n) is 30.2. The number of imide groups is 2. The number of unbranched alkanes of at least 4 members (excludes halogenated alkanes) is 18. The van der Waals surface area contributed by atoms with Gasteiger partial charge in [-0.15, -0.1) is 70.6 Å². The monoisotopic (exact) mass is 1410 g/mol. The van der Waals surface area contributed by atoms with Gasteiger partial charge in [0.1, 0.15) is 0 Å². The molecule has 0 saturated carbocycles. The van der Waals surface area contributed by atoms with Gasteiger partial charge in [-0.05, 0) is 133 Å². The number of carbonyl (C=O) groups is 4. The van der Waals surface area contributed by atoms with Crippen molar-refractivity contribution in [2.75, 3.05) is 49.6 Å². The molecule has 0 saturated heterocycles. The fraction of sp³-hybridized carbons (Fsp3) is 0.455. The van der Waals surface area contributed by atoms with E-state index in [1.807, 2.05) is 213 Å². The molecule has 5 aromatic carbocycles. The van der Waals surface area contributed by atoms with E-state index in [0.29, 0.717) is 46.1 Å². The summed E-state index contributed by atoms with van der Waals surface area (Å²) in [5.74, 6) is 1.48. The average Bonchev–Trinajstić information content (AvgIpc) is 0.893. The van der Waals surface area contributed by atoms with Crippen molar-refractivity contribution >= 4 is 231 Å². The first-order chi connectivity index (χ1) is 42.0. The zero-order valence-corrected chi connectivity index (χ0v) is 61.3. The Morgan fingerprint density at radius 1 is 0.302 bits per heavy atom. The summed E-state index contributed by atoms with van der Waals surface area (Å²) in [7, 11) is 0. The van der Waals surface area contributed by atoms with Crippen LogP contribution in [0.4, 0.5) is 0 Å². The Labute approximate surface area is 569 Å². The standard InChI is InChI=1S/C66H74N2O4S14/c1-39-57(81-63(79-39)65-83-59(73-3)60(74-4)84-65)77-37-25-21-17-13-9-7-11-15-19-23-35-67-53(69)45-31-27-41-43-29-33-47-52-48(34-30-44(50(43)52)42-28-32-46(54(67)70)51(45)49(41)42)56(72)68(55(47)71)36-24-20-16-12-8-10-14-18-22-26-38-78-58-40(2)80-64(82-58)66-85-61(75-5)62(76-6)86-66/h27-34H,7-26,35-38H2,1-6H3. The number of allylic oxidation sites excluding steroid dienone is 2. The summed E-state index contributed by atoms with van der Waals surface area (Å²) in [6.45, 7) is 5.39. The van der Waals surface area contributed by atoms with E-state index < -0.39 is 0 Å². The minimum atomic E-state index is -0.225. The van der Waals surface area contributed by atoms with Crippen molar-refractivity contribution in [1.29, 1.82) is 0 Å². The highest BCUT2D eigenvalue weighted by molar-refractivity contribution is 8.44. The van der Waals surface area contributed by atoms with E-state index >= 15 is 0 Å². The average molecular weight is 1410 g/mol. The van der Waals surface area contributed by atoms with Crippen LogP contribution in [0.1, 0.15) is 184 Å². The smallest absolute Gasteiger partial charge is 0.261 e. The number of amides is 4. The van der Waals surface area contributed by atoms with E-state index in [1.54, 1.807) is 0 Å². The number of benzene rings is 5. The molecule has 6 aliphatic rings. The van der Waals surface area contributed by atoms with Crippen LogP contribution in [-0.4, -0.2) is 83.0 Å². The Bertz CT molecular complexity index is 3270. The van der Waals surface area contributed by atoms with Crippen LogP contribution in [-0.2, 0) is 0 Å². The van der Waals surface area contributed by atoms with Crippen molar-refractivity contribution in [2.45, 2.75) is 142 Å². The predicted octanol–water partition coefficient (Wildman–Crippen LogP) is 24.5. The van der Waals surface area contributed by atoms with Crippen LogP contribution in [0.25, 0.3) is 43.1 Å². The lowest BCUT2D eigenvalue weighted by molar-refractivity contribution is 0.0592. The molecule has 0 atom stereocenters. The molecule has 6 heterocycles. The number of carbonyl (C=O) groups excluding carboxylic acids is 4. The summed E-state index contributed by atoms with van der Waals surface area (Å²) in [4.78, 5) is 62.8. The molecule has 0 radical (unpaired) electrons. The summed E-state index contributed by atoms with van der Waals surface area (Å²) >= 11 is 27.2. The van der Waals surface area contributed by atoms with Crippen LogP contribution in [0.2, 0.25) is 0 Å². The van der Waals surface area contributed by atoms with Crippen molar-refractivity contribution in [3.8, 4) is 0 Å². The quantitative estimate of drug-likeness (QED) is 0.0177. The second-order valence-corrected chi connectivity index (χ2v) is 38.7. The molecule has 5 aromatic rings. The Hall–Kier alpha value is -0.980. The van der Waals surface area contributed by atoms with Crippen molar-refractivity contribution in [3.63, 3.8) is 0 Å². The van der Waals surface area contributed by atoms with Gasteiger partial charge in [-0.2, -0.15) is 0 Å². The zero-order chi connectivity index (χ0) is 59.8. The second kappa shape index (κ2) is 31.8. The Morgan fingerprint density at radius 3 is 0.826 bits per heavy atom. The summed E-state index contributed by atoms with van der Waals surface area (Å²) in [6.07, 6.45) is 32.1. The highest BCUT2D eigenvalue weighted by Gasteiger charge is 2.37. The molecule has 0 aliphatic carbocycles. The maximum Gasteiger partial charge on any atom is 0.261 e. The molecule has 0 unspecified atom stereocenters. The summed E-state index contributed by atoms with van der Waals surface area (Å²) in [5, 5.41) is 6.91. The van der Waals surface area contributed by atoms with Gasteiger partial charge >= 0.3 is 0 Å². The van der Waals surface area contributed by atoms with Crippen LogP contribution < -0.4 is 0 Å². The van der Waals surface area contributed by atoms with E-state index in [0.717, 1.165) is 70.8 Å². The van der Waals surface area contributed by atoms with Crippen LogP contribution >= 0.6 is 165 Å². The molecule has 456 valence electrons. The molecular formula is C66H74N2O4S14. The van der Waals surface area contributed by atoms with Crippen LogP contribution in [0.3, 0.4) is 0 Å². The number of nitrogens with zero attached hydrogens (tertiary/aromatic N) is 2. The third kappa shape index (κ3) is 14.7. The van der Waals surface area contributed by atoms with Crippen LogP contribution in [0.15, 0.2) is 101 Å². The first-order valence-corrected chi connectivity index (χ1v) is 43.6. The topological polar surface area (TPSA) is 74.8 Å². The maximum absolute atomic E-state index is 14.2. The Balaban J connectivity index is 0.584. The SMILES string of the molecule is CSC1=C(SC)SC(=C2SC(C)=C(SCCCCCCCCCCCCN3C(=O)c4ccc5c6ccc7c8c(ccc(c9ccc(c4c59)C3=O)c86)C(=O)N(CCCCCCCCCCCCSC3=C(C)SC(=C4SC(SC)=C(SC)S4)S3)C7=O)S2)S1. The van der Waals surface area contributed by atoms with E-state index in [1.165, 1.54) is 163 Å². The zero-order valence-electron chi connectivity index (χ0n) is 49.8. The minimum absolute atomic E-state index is 0.225. The van der Waals surface area contributed by atoms with Gasteiger partial charge in [-0.25, -0.2) is 0 Å². The van der Waals surface area contributed by atoms with Gasteiger partial charge in [-0.1, -0.05) is 221 Å². The van der Waals surface area contributed by atoms with Gasteiger partial charge < -0.3 is 0 Å². The Morgan fingerprint density at radius 2 is 0.547 bits per heavy atom. The van der Waals surface area contributed by atoms with Gasteiger partial charge in [0.05, 0.1) is 42.4 Å². The van der Waals surface area contributed by atoms with Gasteiger partial charge in [0, 0.05) is 55.9 Å². The fourth-order valence-corrected chi connectivity index (χ4v) is 31.0. The van der Waals surface area contributed by atoms with E-state index in [4.69, 9.17) is 0 Å². The molecule has 20 heteroatoms. The van der Waals surface area contributed by atoms with Crippen molar-refractivity contribution in [1.82, 2.24) is 9.80 Å². The number of hydrogen-bond donors (Lipinski definition) is 0. The van der Waals surface area contributed by atoms with Gasteiger partial charge in [0.2, 0.25) is 0 Å². The summed E-state index contributed by atoms with van der Waals surface area (Å²) < 4.78 is 14.6. The van der Waals surface area contributed by atoms with Crippen molar-refractivity contribution < 1.29 is 19.2 Å². The Kier molecular flexibility index (Phi) is 24.6. The van der Waals surface area contributed by atoms with Gasteiger partial charge in [-0.3, -0.25) is 29.0 Å². The summed E-state index contributed by atoms with van der Waals surface area (Å²) in [6, 6.07) is 15.6. The van der Waals surface area contributed by atoms with Gasteiger partial charge in [0.25, 0.3) is 23.6 Å². The molecule has 86 heavy (non-hydrogen) atoms. The third-order valence-electron chi connectivity index (χ3n) is 16.4. The normalized spacial score (nSPS) is 17.5. The van der Waals surface area contributed by atoms with Crippen LogP contribution in [0, 0.1) is 0 Å². The molecule has 11 rings (SSSR count). The third-order valence-corrected chi connectivity index (χ3v) is 36.3. The number of thioether (sulfide) groups is 14. The molecule has 0 bridgehead atoms. The van der Waals surface area contributed by atoms with Crippen molar-refractivity contribution in [2.24, 2.45) is 0 Å². The van der Waals surface area contributed by atoms with Crippen LogP contribution in [0.5, 0.6) is 0 Å². The maximum atomic E-state index is 14.2. The molecular weight excluding hydrogens is 1330 g/mol. The number of hydrogen-bond acceptors (Lipinski definition) is 18. The largest absolute Gasteiger partial charge is 0.274 e. The predicted molar refractivity (Wildman–Crippen MR) is 404 cm³/mol. The minimum Gasteiger partial charge on any atom is -0.274 e. The molecule has 0 fully saturated rings. The molecule has 6 nitrogen and oxygen atoms in total. The lowest BCUT2D eigenvalue weighted by Gasteiger charge is -2.30. The van der Waals surface area contributed by atoms with Gasteiger partial charge in [0.15, 0.2) is 0 Å². The second-order valence-electron chi connectivity index (χ2n) is 22.1. The first kappa shape index (κ1) is 66.5. The molecule has 6 aliphatic heterocycles. The fourth-order valence-electron chi connectivity index (χ4n) is 12.0. The van der Waals surface area contributed by atoms with Crippen molar-refractivity contribution in [3.05, 3.63) is 123 Å². The molecule has 0 aromatic heterocycles.